The maximum absolute atomic E-state index is 14.2. The Labute approximate surface area is 148 Å². The highest BCUT2D eigenvalue weighted by molar-refractivity contribution is 7.81. The van der Waals surface area contributed by atoms with Gasteiger partial charge in [0.05, 0.1) is 8.07 Å². The molecule has 0 aromatic heterocycles. The number of rotatable bonds is 7. The van der Waals surface area contributed by atoms with E-state index in [9.17, 15) is 4.57 Å². The molecule has 0 saturated carbocycles. The minimum absolute atomic E-state index is 0.934. The first-order chi connectivity index (χ1) is 11.4. The second-order valence-electron chi connectivity index (χ2n) is 7.34. The van der Waals surface area contributed by atoms with Gasteiger partial charge in [-0.15, -0.1) is 0 Å². The molecule has 0 atom stereocenters. The van der Waals surface area contributed by atoms with E-state index in [-0.39, 0.29) is 0 Å². The molecule has 0 aliphatic heterocycles. The lowest BCUT2D eigenvalue weighted by molar-refractivity contribution is 0.592. The highest BCUT2D eigenvalue weighted by Crippen LogP contribution is 2.47. The van der Waals surface area contributed by atoms with Crippen LogP contribution in [0.4, 0.5) is 0 Å². The Morgan fingerprint density at radius 3 is 1.75 bits per heavy atom. The molecule has 2 aromatic rings. The summed E-state index contributed by atoms with van der Waals surface area (Å²) < 4.78 is 14.2. The van der Waals surface area contributed by atoms with Crippen molar-refractivity contribution in [1.29, 1.82) is 0 Å². The number of hydrogen-bond acceptors (Lipinski definition) is 1. The number of hydrogen-bond donors (Lipinski definition) is 0. The fourth-order valence-electron chi connectivity index (χ4n) is 2.82. The maximum Gasteiger partial charge on any atom is 0.163 e. The fourth-order valence-corrected chi connectivity index (χ4v) is 8.23. The van der Waals surface area contributed by atoms with Crippen LogP contribution in [0, 0.1) is 0 Å². The molecule has 0 radical (unpaired) electrons. The van der Waals surface area contributed by atoms with Crippen LogP contribution >= 0.6 is 7.14 Å². The quantitative estimate of drug-likeness (QED) is 0.442. The summed E-state index contributed by atoms with van der Waals surface area (Å²) in [6.07, 6.45) is 3.40. The third kappa shape index (κ3) is 4.59. The Bertz CT molecular complexity index is 671. The standard InChI is InChI=1S/C21H29OPSi/c1-5-6-17-21(24(2,3)4)18-23(22,19-13-9-7-10-14-19)20-15-11-8-12-16-20/h7-16,18H,5-6,17H2,1-4H3/b21-18+. The molecule has 24 heavy (non-hydrogen) atoms. The van der Waals surface area contributed by atoms with E-state index in [1.165, 1.54) is 18.0 Å². The third-order valence-electron chi connectivity index (χ3n) is 4.38. The highest BCUT2D eigenvalue weighted by Gasteiger charge is 2.28. The second-order valence-corrected chi connectivity index (χ2v) is 15.1. The normalized spacial score (nSPS) is 13.1. The summed E-state index contributed by atoms with van der Waals surface area (Å²) >= 11 is 0. The summed E-state index contributed by atoms with van der Waals surface area (Å²) in [4.78, 5) is 0. The Hall–Kier alpha value is -1.37. The molecule has 0 aliphatic rings. The molecule has 0 saturated heterocycles. The Kier molecular flexibility index (Phi) is 6.43. The van der Waals surface area contributed by atoms with Crippen LogP contribution in [0.5, 0.6) is 0 Å². The van der Waals surface area contributed by atoms with Gasteiger partial charge in [0.1, 0.15) is 0 Å². The van der Waals surface area contributed by atoms with Crippen molar-refractivity contribution < 1.29 is 4.57 Å². The summed E-state index contributed by atoms with van der Waals surface area (Å²) in [5, 5.41) is 3.30. The van der Waals surface area contributed by atoms with Crippen LogP contribution in [0.15, 0.2) is 71.7 Å². The molecule has 1 nitrogen and oxygen atoms in total. The van der Waals surface area contributed by atoms with Gasteiger partial charge in [-0.25, -0.2) is 0 Å². The van der Waals surface area contributed by atoms with Crippen molar-refractivity contribution in [2.24, 2.45) is 0 Å². The van der Waals surface area contributed by atoms with Gasteiger partial charge < -0.3 is 4.57 Å². The van der Waals surface area contributed by atoms with Gasteiger partial charge in [0.2, 0.25) is 0 Å². The predicted molar refractivity (Wildman–Crippen MR) is 111 cm³/mol. The minimum atomic E-state index is -2.74. The van der Waals surface area contributed by atoms with Crippen LogP contribution in [-0.2, 0) is 4.57 Å². The summed E-state index contributed by atoms with van der Waals surface area (Å²) in [6.45, 7) is 9.29. The van der Waals surface area contributed by atoms with Crippen molar-refractivity contribution in [2.45, 2.75) is 45.8 Å². The first-order valence-corrected chi connectivity index (χ1v) is 14.1. The van der Waals surface area contributed by atoms with Crippen LogP contribution in [-0.4, -0.2) is 8.07 Å². The van der Waals surface area contributed by atoms with Crippen molar-refractivity contribution >= 4 is 25.8 Å². The molecule has 0 bridgehead atoms. The smallest absolute Gasteiger partial charge is 0.163 e. The van der Waals surface area contributed by atoms with Crippen LogP contribution in [0.25, 0.3) is 0 Å². The lowest BCUT2D eigenvalue weighted by Gasteiger charge is -2.25. The van der Waals surface area contributed by atoms with E-state index in [1.54, 1.807) is 0 Å². The Balaban J connectivity index is 2.62. The highest BCUT2D eigenvalue weighted by atomic mass is 31.2. The van der Waals surface area contributed by atoms with E-state index in [4.69, 9.17) is 0 Å². The van der Waals surface area contributed by atoms with E-state index in [0.29, 0.717) is 0 Å². The maximum atomic E-state index is 14.2. The number of allylic oxidation sites excluding steroid dienone is 1. The first-order valence-electron chi connectivity index (χ1n) is 8.81. The van der Waals surface area contributed by atoms with Gasteiger partial charge in [0.15, 0.2) is 7.14 Å². The molecule has 0 fully saturated rings. The van der Waals surface area contributed by atoms with Crippen LogP contribution in [0.3, 0.4) is 0 Å². The second kappa shape index (κ2) is 8.14. The van der Waals surface area contributed by atoms with Gasteiger partial charge in [-0.1, -0.05) is 105 Å². The summed E-state index contributed by atoms with van der Waals surface area (Å²) in [6, 6.07) is 19.9. The van der Waals surface area contributed by atoms with E-state index in [2.05, 4.69) is 32.4 Å². The molecular weight excluding hydrogens is 327 g/mol. The van der Waals surface area contributed by atoms with Crippen molar-refractivity contribution in [3.8, 4) is 0 Å². The van der Waals surface area contributed by atoms with Crippen LogP contribution in [0.1, 0.15) is 26.2 Å². The molecule has 0 heterocycles. The Morgan fingerprint density at radius 1 is 0.917 bits per heavy atom. The van der Waals surface area contributed by atoms with Gasteiger partial charge in [-0.05, 0) is 12.2 Å². The minimum Gasteiger partial charge on any atom is -0.309 e. The molecule has 0 unspecified atom stereocenters. The topological polar surface area (TPSA) is 17.1 Å². The lowest BCUT2D eigenvalue weighted by Crippen LogP contribution is -2.25. The van der Waals surface area contributed by atoms with Crippen LogP contribution in [0.2, 0.25) is 19.6 Å². The molecule has 0 amide bonds. The summed E-state index contributed by atoms with van der Waals surface area (Å²) in [5.74, 6) is 2.15. The van der Waals surface area contributed by atoms with Gasteiger partial charge >= 0.3 is 0 Å². The average molecular weight is 357 g/mol. The molecule has 3 heteroatoms. The molecule has 0 spiro atoms. The zero-order chi connectivity index (χ0) is 17.6. The van der Waals surface area contributed by atoms with E-state index in [0.717, 1.165) is 17.0 Å². The van der Waals surface area contributed by atoms with Gasteiger partial charge in [-0.3, -0.25) is 0 Å². The van der Waals surface area contributed by atoms with Crippen molar-refractivity contribution in [2.75, 3.05) is 0 Å². The average Bonchev–Trinajstić information content (AvgIpc) is 2.59. The van der Waals surface area contributed by atoms with Gasteiger partial charge in [0.25, 0.3) is 0 Å². The molecule has 2 rings (SSSR count). The zero-order valence-corrected chi connectivity index (χ0v) is 17.2. The predicted octanol–water partition coefficient (Wildman–Crippen LogP) is 5.95. The molecule has 0 N–H and O–H groups in total. The molecular formula is C21H29OPSi. The lowest BCUT2D eigenvalue weighted by atomic mass is 10.2. The monoisotopic (exact) mass is 356 g/mol. The molecule has 0 aliphatic carbocycles. The molecule has 2 aromatic carbocycles. The van der Waals surface area contributed by atoms with Gasteiger partial charge in [-0.2, -0.15) is 0 Å². The van der Waals surface area contributed by atoms with E-state index in [1.807, 2.05) is 60.7 Å². The zero-order valence-electron chi connectivity index (χ0n) is 15.3. The van der Waals surface area contributed by atoms with E-state index >= 15 is 0 Å². The van der Waals surface area contributed by atoms with Gasteiger partial charge in [0, 0.05) is 10.6 Å². The first kappa shape index (κ1) is 19.0. The van der Waals surface area contributed by atoms with Crippen LogP contribution < -0.4 is 10.6 Å². The fraction of sp³-hybridized carbons (Fsp3) is 0.333. The summed E-state index contributed by atoms with van der Waals surface area (Å²) in [5.41, 5.74) is 0. The number of unbranched alkanes of at least 4 members (excludes halogenated alkanes) is 1. The van der Waals surface area contributed by atoms with Crippen molar-refractivity contribution in [3.63, 3.8) is 0 Å². The van der Waals surface area contributed by atoms with Crippen molar-refractivity contribution in [1.82, 2.24) is 0 Å². The van der Waals surface area contributed by atoms with Crippen molar-refractivity contribution in [3.05, 3.63) is 71.7 Å². The SMILES string of the molecule is CCCC/C(=C\P(=O)(c1ccccc1)c1ccccc1)[Si](C)(C)C. The number of benzene rings is 2. The summed E-state index contributed by atoms with van der Waals surface area (Å²) in [7, 11) is -4.25. The Morgan fingerprint density at radius 2 is 1.38 bits per heavy atom. The third-order valence-corrected chi connectivity index (χ3v) is 9.75. The largest absolute Gasteiger partial charge is 0.309 e. The molecule has 128 valence electrons. The van der Waals surface area contributed by atoms with E-state index < -0.39 is 15.2 Å².